The molecule has 102 valence electrons. The van der Waals surface area contributed by atoms with Crippen molar-refractivity contribution in [2.75, 3.05) is 45.1 Å². The van der Waals surface area contributed by atoms with Gasteiger partial charge in [-0.3, -0.25) is 4.90 Å². The van der Waals surface area contributed by atoms with Crippen molar-refractivity contribution in [3.63, 3.8) is 0 Å². The summed E-state index contributed by atoms with van der Waals surface area (Å²) in [5.74, 6) is 0.588. The summed E-state index contributed by atoms with van der Waals surface area (Å²) in [6.07, 6.45) is 0.178. The molecular weight excluding hydrogens is 236 g/mol. The Morgan fingerprint density at radius 3 is 2.53 bits per heavy atom. The molecule has 1 unspecified atom stereocenters. The van der Waals surface area contributed by atoms with E-state index in [1.165, 1.54) is 0 Å². The summed E-state index contributed by atoms with van der Waals surface area (Å²) in [5.41, 5.74) is -0.0684. The number of nitrogens with zero attached hydrogens (tertiary/aromatic N) is 2. The number of ether oxygens (including phenoxy) is 1. The number of likely N-dealkylation sites (N-methyl/N-ethyl adjacent to an activating group) is 1. The average molecular weight is 263 g/mol. The summed E-state index contributed by atoms with van der Waals surface area (Å²) in [6, 6.07) is 0. The molecular formula is C13H27ClN2O. The molecule has 1 aliphatic heterocycles. The molecule has 17 heavy (non-hydrogen) atoms. The molecule has 0 N–H and O–H groups in total. The van der Waals surface area contributed by atoms with Crippen molar-refractivity contribution < 1.29 is 4.74 Å². The highest BCUT2D eigenvalue weighted by Gasteiger charge is 2.32. The first kappa shape index (κ1) is 15.2. The van der Waals surface area contributed by atoms with Crippen LogP contribution < -0.4 is 0 Å². The lowest BCUT2D eigenvalue weighted by molar-refractivity contribution is -0.127. The van der Waals surface area contributed by atoms with E-state index in [9.17, 15) is 0 Å². The van der Waals surface area contributed by atoms with E-state index in [0.29, 0.717) is 5.88 Å². The summed E-state index contributed by atoms with van der Waals surface area (Å²) < 4.78 is 5.93. The molecule has 0 aromatic rings. The molecule has 1 atom stereocenters. The molecule has 1 fully saturated rings. The standard InChI is InChI=1S/C13H27ClN2O/c1-5-15(6-2)7-8-16-10-12(9-14)17-13(3,4)11-16/h12H,5-11H2,1-4H3. The van der Waals surface area contributed by atoms with Crippen LogP contribution >= 0.6 is 11.6 Å². The third-order valence-electron chi connectivity index (χ3n) is 3.35. The van der Waals surface area contributed by atoms with Crippen LogP contribution in [0.4, 0.5) is 0 Å². The van der Waals surface area contributed by atoms with Crippen LogP contribution in [0, 0.1) is 0 Å². The Hall–Kier alpha value is 0.170. The predicted molar refractivity (Wildman–Crippen MR) is 73.9 cm³/mol. The van der Waals surface area contributed by atoms with Crippen molar-refractivity contribution in [2.24, 2.45) is 0 Å². The van der Waals surface area contributed by atoms with Gasteiger partial charge >= 0.3 is 0 Å². The highest BCUT2D eigenvalue weighted by molar-refractivity contribution is 6.18. The maximum absolute atomic E-state index is 5.93. The van der Waals surface area contributed by atoms with Gasteiger partial charge in [0.25, 0.3) is 0 Å². The third kappa shape index (κ3) is 5.12. The number of hydrogen-bond acceptors (Lipinski definition) is 3. The van der Waals surface area contributed by atoms with Crippen molar-refractivity contribution in [3.05, 3.63) is 0 Å². The minimum absolute atomic E-state index is 0.0684. The molecule has 0 bridgehead atoms. The number of alkyl halides is 1. The topological polar surface area (TPSA) is 15.7 Å². The molecule has 0 aromatic carbocycles. The molecule has 1 aliphatic rings. The fraction of sp³-hybridized carbons (Fsp3) is 1.00. The van der Waals surface area contributed by atoms with Crippen LogP contribution in [0.2, 0.25) is 0 Å². The Kier molecular flexibility index (Phi) is 6.21. The lowest BCUT2D eigenvalue weighted by Crippen LogP contribution is -2.54. The van der Waals surface area contributed by atoms with Crippen LogP contribution in [0.1, 0.15) is 27.7 Å². The Morgan fingerprint density at radius 1 is 1.35 bits per heavy atom. The van der Waals surface area contributed by atoms with Crippen LogP contribution in [-0.2, 0) is 4.74 Å². The highest BCUT2D eigenvalue weighted by atomic mass is 35.5. The monoisotopic (exact) mass is 262 g/mol. The average Bonchev–Trinajstić information content (AvgIpc) is 2.28. The van der Waals surface area contributed by atoms with E-state index in [-0.39, 0.29) is 11.7 Å². The molecule has 0 aliphatic carbocycles. The van der Waals surface area contributed by atoms with Crippen LogP contribution in [-0.4, -0.2) is 66.7 Å². The van der Waals surface area contributed by atoms with Gasteiger partial charge < -0.3 is 9.64 Å². The molecule has 1 saturated heterocycles. The minimum Gasteiger partial charge on any atom is -0.368 e. The first-order valence-electron chi connectivity index (χ1n) is 6.69. The Labute approximate surface area is 111 Å². The van der Waals surface area contributed by atoms with Gasteiger partial charge in [-0.2, -0.15) is 0 Å². The number of rotatable bonds is 6. The molecule has 0 saturated carbocycles. The zero-order chi connectivity index (χ0) is 12.9. The van der Waals surface area contributed by atoms with Gasteiger partial charge in [-0.25, -0.2) is 0 Å². The van der Waals surface area contributed by atoms with Gasteiger partial charge in [-0.05, 0) is 26.9 Å². The normalized spacial score (nSPS) is 25.4. The number of hydrogen-bond donors (Lipinski definition) is 0. The Balaban J connectivity index is 2.42. The number of morpholine rings is 1. The first-order valence-corrected chi connectivity index (χ1v) is 7.22. The maximum Gasteiger partial charge on any atom is 0.0844 e. The van der Waals surface area contributed by atoms with Crippen molar-refractivity contribution in [3.8, 4) is 0 Å². The molecule has 3 nitrogen and oxygen atoms in total. The van der Waals surface area contributed by atoms with E-state index in [2.05, 4.69) is 37.5 Å². The summed E-state index contributed by atoms with van der Waals surface area (Å²) in [6.45, 7) is 15.2. The smallest absolute Gasteiger partial charge is 0.0844 e. The van der Waals surface area contributed by atoms with Crippen molar-refractivity contribution in [1.29, 1.82) is 0 Å². The van der Waals surface area contributed by atoms with Crippen molar-refractivity contribution in [2.45, 2.75) is 39.4 Å². The summed E-state index contributed by atoms with van der Waals surface area (Å²) in [5, 5.41) is 0. The van der Waals surface area contributed by atoms with Gasteiger partial charge in [0.2, 0.25) is 0 Å². The van der Waals surface area contributed by atoms with Gasteiger partial charge in [0.15, 0.2) is 0 Å². The molecule has 1 rings (SSSR count). The quantitative estimate of drug-likeness (QED) is 0.682. The second-order valence-electron chi connectivity index (χ2n) is 5.42. The third-order valence-corrected chi connectivity index (χ3v) is 3.70. The molecule has 0 amide bonds. The van der Waals surface area contributed by atoms with E-state index in [4.69, 9.17) is 16.3 Å². The number of halogens is 1. The molecule has 0 radical (unpaired) electrons. The van der Waals surface area contributed by atoms with Crippen LogP contribution in [0.3, 0.4) is 0 Å². The fourth-order valence-corrected chi connectivity index (χ4v) is 2.65. The van der Waals surface area contributed by atoms with E-state index < -0.39 is 0 Å². The highest BCUT2D eigenvalue weighted by Crippen LogP contribution is 2.21. The van der Waals surface area contributed by atoms with Gasteiger partial charge in [0.1, 0.15) is 0 Å². The Morgan fingerprint density at radius 2 is 2.00 bits per heavy atom. The zero-order valence-electron chi connectivity index (χ0n) is 11.7. The SMILES string of the molecule is CCN(CC)CCN1CC(CCl)OC(C)(C)C1. The molecule has 4 heteroatoms. The van der Waals surface area contributed by atoms with E-state index in [1.54, 1.807) is 0 Å². The summed E-state index contributed by atoms with van der Waals surface area (Å²) >= 11 is 5.93. The largest absolute Gasteiger partial charge is 0.368 e. The maximum atomic E-state index is 5.93. The Bertz CT molecular complexity index is 219. The minimum atomic E-state index is -0.0684. The van der Waals surface area contributed by atoms with Crippen molar-refractivity contribution in [1.82, 2.24) is 9.80 Å². The van der Waals surface area contributed by atoms with Crippen molar-refractivity contribution >= 4 is 11.6 Å². The van der Waals surface area contributed by atoms with Gasteiger partial charge in [-0.1, -0.05) is 13.8 Å². The predicted octanol–water partition coefficient (Wildman–Crippen LogP) is 2.05. The molecule has 0 spiro atoms. The van der Waals surface area contributed by atoms with E-state index in [1.807, 2.05) is 0 Å². The van der Waals surface area contributed by atoms with Gasteiger partial charge in [0, 0.05) is 32.1 Å². The first-order chi connectivity index (χ1) is 8.00. The lowest BCUT2D eigenvalue weighted by atomic mass is 10.1. The second-order valence-corrected chi connectivity index (χ2v) is 5.72. The van der Waals surface area contributed by atoms with E-state index >= 15 is 0 Å². The van der Waals surface area contributed by atoms with Crippen LogP contribution in [0.15, 0.2) is 0 Å². The van der Waals surface area contributed by atoms with Gasteiger partial charge in [0.05, 0.1) is 11.7 Å². The molecule has 0 aromatic heterocycles. The van der Waals surface area contributed by atoms with Gasteiger partial charge in [-0.15, -0.1) is 11.6 Å². The van der Waals surface area contributed by atoms with Crippen LogP contribution in [0.5, 0.6) is 0 Å². The van der Waals surface area contributed by atoms with E-state index in [0.717, 1.165) is 39.3 Å². The van der Waals surface area contributed by atoms with Crippen LogP contribution in [0.25, 0.3) is 0 Å². The second kappa shape index (κ2) is 6.93. The summed E-state index contributed by atoms with van der Waals surface area (Å²) in [7, 11) is 0. The molecule has 1 heterocycles. The summed E-state index contributed by atoms with van der Waals surface area (Å²) in [4.78, 5) is 4.94. The lowest BCUT2D eigenvalue weighted by Gasteiger charge is -2.42. The zero-order valence-corrected chi connectivity index (χ0v) is 12.5. The fourth-order valence-electron chi connectivity index (χ4n) is 2.49.